The molecule has 1 heterocycles. The lowest BCUT2D eigenvalue weighted by Crippen LogP contribution is -2.29. The number of anilines is 1. The van der Waals surface area contributed by atoms with E-state index in [1.165, 1.54) is 7.11 Å². The van der Waals surface area contributed by atoms with Crippen molar-refractivity contribution in [2.24, 2.45) is 0 Å². The number of carbonyl (C=O) groups is 3. The Hall–Kier alpha value is -2.93. The molecule has 0 bridgehead atoms. The first-order valence-corrected chi connectivity index (χ1v) is 10.2. The molecule has 0 aliphatic carbocycles. The number of rotatable bonds is 8. The molecule has 0 fully saturated rings. The number of benzene rings is 1. The number of halogens is 1. The van der Waals surface area contributed by atoms with Crippen molar-refractivity contribution in [2.45, 2.75) is 40.0 Å². The van der Waals surface area contributed by atoms with Crippen LogP contribution in [0.15, 0.2) is 24.3 Å². The molecule has 160 valence electrons. The van der Waals surface area contributed by atoms with E-state index in [2.05, 4.69) is 15.6 Å². The topological polar surface area (TPSA) is 97.4 Å². The molecule has 1 aromatic heterocycles. The number of esters is 1. The zero-order valence-corrected chi connectivity index (χ0v) is 18.4. The van der Waals surface area contributed by atoms with Gasteiger partial charge in [0.25, 0.3) is 11.8 Å². The number of unbranched alkanes of at least 4 members (excludes halogenated alkanes) is 1. The van der Waals surface area contributed by atoms with Crippen molar-refractivity contribution in [2.75, 3.05) is 19.0 Å². The molecular formula is C22H26ClN3O4. The maximum Gasteiger partial charge on any atom is 0.341 e. The van der Waals surface area contributed by atoms with Gasteiger partial charge in [0.15, 0.2) is 0 Å². The van der Waals surface area contributed by atoms with Crippen LogP contribution in [-0.2, 0) is 11.2 Å². The first-order valence-electron chi connectivity index (χ1n) is 9.80. The van der Waals surface area contributed by atoms with Gasteiger partial charge in [0.2, 0.25) is 0 Å². The van der Waals surface area contributed by atoms with Gasteiger partial charge >= 0.3 is 5.97 Å². The average molecular weight is 432 g/mol. The maximum atomic E-state index is 13.1. The molecule has 8 heteroatoms. The Morgan fingerprint density at radius 1 is 1.10 bits per heavy atom. The summed E-state index contributed by atoms with van der Waals surface area (Å²) < 4.78 is 4.83. The monoisotopic (exact) mass is 431 g/mol. The summed E-state index contributed by atoms with van der Waals surface area (Å²) in [6.45, 7) is 6.14. The molecule has 2 amide bonds. The highest BCUT2D eigenvalue weighted by atomic mass is 35.5. The average Bonchev–Trinajstić information content (AvgIpc) is 2.73. The number of pyridine rings is 1. The van der Waals surface area contributed by atoms with Crippen molar-refractivity contribution in [3.63, 3.8) is 0 Å². The summed E-state index contributed by atoms with van der Waals surface area (Å²) in [5.74, 6) is -1.65. The van der Waals surface area contributed by atoms with Crippen molar-refractivity contribution in [3.8, 4) is 0 Å². The van der Waals surface area contributed by atoms with E-state index >= 15 is 0 Å². The predicted octanol–water partition coefficient (Wildman–Crippen LogP) is 4.17. The molecule has 2 aromatic rings. The van der Waals surface area contributed by atoms with Crippen LogP contribution in [0, 0.1) is 6.92 Å². The molecule has 0 radical (unpaired) electrons. The largest absolute Gasteiger partial charge is 0.465 e. The molecule has 7 nitrogen and oxygen atoms in total. The van der Waals surface area contributed by atoms with Crippen molar-refractivity contribution < 1.29 is 19.1 Å². The van der Waals surface area contributed by atoms with Gasteiger partial charge in [-0.25, -0.2) is 9.78 Å². The molecule has 0 saturated heterocycles. The van der Waals surface area contributed by atoms with Crippen molar-refractivity contribution >= 4 is 35.1 Å². The van der Waals surface area contributed by atoms with Crippen LogP contribution in [-0.4, -0.2) is 36.4 Å². The van der Waals surface area contributed by atoms with E-state index < -0.39 is 17.8 Å². The molecule has 0 unspecified atom stereocenters. The van der Waals surface area contributed by atoms with E-state index in [-0.39, 0.29) is 27.5 Å². The fourth-order valence-corrected chi connectivity index (χ4v) is 3.15. The first-order chi connectivity index (χ1) is 14.3. The second-order valence-electron chi connectivity index (χ2n) is 6.71. The second kappa shape index (κ2) is 10.7. The Bertz CT molecular complexity index is 960. The van der Waals surface area contributed by atoms with Crippen molar-refractivity contribution in [1.29, 1.82) is 0 Å². The van der Waals surface area contributed by atoms with Gasteiger partial charge in [0, 0.05) is 12.2 Å². The van der Waals surface area contributed by atoms with E-state index in [0.717, 1.165) is 12.8 Å². The third kappa shape index (κ3) is 5.36. The summed E-state index contributed by atoms with van der Waals surface area (Å²) in [6, 6.07) is 6.51. The Kier molecular flexibility index (Phi) is 8.35. The van der Waals surface area contributed by atoms with Gasteiger partial charge in [-0.2, -0.15) is 0 Å². The van der Waals surface area contributed by atoms with Crippen LogP contribution in [0.2, 0.25) is 5.02 Å². The number of hydrogen-bond acceptors (Lipinski definition) is 5. The summed E-state index contributed by atoms with van der Waals surface area (Å²) in [7, 11) is 1.24. The summed E-state index contributed by atoms with van der Waals surface area (Å²) in [5, 5.41) is 5.68. The van der Waals surface area contributed by atoms with Crippen LogP contribution in [0.25, 0.3) is 0 Å². The van der Waals surface area contributed by atoms with Crippen LogP contribution < -0.4 is 10.6 Å². The van der Waals surface area contributed by atoms with Crippen LogP contribution in [0.5, 0.6) is 0 Å². The minimum Gasteiger partial charge on any atom is -0.465 e. The van der Waals surface area contributed by atoms with E-state index in [1.54, 1.807) is 31.2 Å². The fourth-order valence-electron chi connectivity index (χ4n) is 2.92. The minimum absolute atomic E-state index is 0.0308. The molecule has 0 atom stereocenters. The summed E-state index contributed by atoms with van der Waals surface area (Å²) >= 11 is 6.21. The molecule has 30 heavy (non-hydrogen) atoms. The molecule has 0 spiro atoms. The molecule has 2 N–H and O–H groups in total. The van der Waals surface area contributed by atoms with Gasteiger partial charge < -0.3 is 15.4 Å². The molecule has 0 aliphatic rings. The highest BCUT2D eigenvalue weighted by Crippen LogP contribution is 2.30. The van der Waals surface area contributed by atoms with Crippen LogP contribution in [0.1, 0.15) is 69.2 Å². The van der Waals surface area contributed by atoms with E-state index in [1.807, 2.05) is 13.8 Å². The smallest absolute Gasteiger partial charge is 0.341 e. The van der Waals surface area contributed by atoms with Crippen LogP contribution >= 0.6 is 11.6 Å². The third-order valence-electron chi connectivity index (χ3n) is 4.56. The van der Waals surface area contributed by atoms with Gasteiger partial charge in [-0.05, 0) is 43.5 Å². The molecule has 1 aromatic carbocycles. The number of hydrogen-bond donors (Lipinski definition) is 2. The predicted molar refractivity (Wildman–Crippen MR) is 116 cm³/mol. The van der Waals surface area contributed by atoms with Gasteiger partial charge in [0.1, 0.15) is 11.3 Å². The zero-order chi connectivity index (χ0) is 22.3. The number of nitrogens with zero attached hydrogens (tertiary/aromatic N) is 1. The maximum absolute atomic E-state index is 13.1. The Morgan fingerprint density at radius 3 is 2.47 bits per heavy atom. The Balaban J connectivity index is 2.45. The van der Waals surface area contributed by atoms with Crippen LogP contribution in [0.4, 0.5) is 5.69 Å². The first kappa shape index (κ1) is 23.3. The summed E-state index contributed by atoms with van der Waals surface area (Å²) in [4.78, 5) is 42.2. The van der Waals surface area contributed by atoms with E-state index in [0.29, 0.717) is 24.2 Å². The number of carbonyl (C=O) groups excluding carboxylic acids is 3. The molecule has 0 aliphatic heterocycles. The van der Waals surface area contributed by atoms with Crippen molar-refractivity contribution in [1.82, 2.24) is 10.3 Å². The van der Waals surface area contributed by atoms with E-state index in [4.69, 9.17) is 16.3 Å². The number of aromatic nitrogens is 1. The second-order valence-corrected chi connectivity index (χ2v) is 7.12. The molecular weight excluding hydrogens is 406 g/mol. The quantitative estimate of drug-likeness (QED) is 0.482. The molecule has 2 rings (SSSR count). The highest BCUT2D eigenvalue weighted by molar-refractivity contribution is 6.34. The number of aryl methyl sites for hydroxylation is 2. The fraction of sp³-hybridized carbons (Fsp3) is 0.364. The number of amides is 2. The summed E-state index contributed by atoms with van der Waals surface area (Å²) in [5.41, 5.74) is 1.79. The standard InChI is InChI=1S/C22H26ClN3O4/c1-5-7-12-24-21(28)19-15(10-8-13(3)25-19)20(27)26-18-14(6-2)9-11-16(23)17(18)22(29)30-4/h8-11H,5-7,12H2,1-4H3,(H,24,28)(H,26,27). The summed E-state index contributed by atoms with van der Waals surface area (Å²) in [6.07, 6.45) is 2.30. The highest BCUT2D eigenvalue weighted by Gasteiger charge is 2.24. The zero-order valence-electron chi connectivity index (χ0n) is 17.6. The van der Waals surface area contributed by atoms with E-state index in [9.17, 15) is 14.4 Å². The SMILES string of the molecule is CCCCNC(=O)c1nc(C)ccc1C(=O)Nc1c(CC)ccc(Cl)c1C(=O)OC. The Morgan fingerprint density at radius 2 is 1.83 bits per heavy atom. The van der Waals surface area contributed by atoms with Gasteiger partial charge in [-0.3, -0.25) is 9.59 Å². The number of methoxy groups -OCH3 is 1. The van der Waals surface area contributed by atoms with Gasteiger partial charge in [0.05, 0.1) is 23.4 Å². The van der Waals surface area contributed by atoms with Crippen LogP contribution in [0.3, 0.4) is 0 Å². The lowest BCUT2D eigenvalue weighted by Gasteiger charge is -2.16. The van der Waals surface area contributed by atoms with Gasteiger partial charge in [-0.1, -0.05) is 37.9 Å². The molecule has 0 saturated carbocycles. The lowest BCUT2D eigenvalue weighted by molar-refractivity contribution is 0.0602. The normalized spacial score (nSPS) is 10.4. The lowest BCUT2D eigenvalue weighted by atomic mass is 10.0. The number of nitrogens with one attached hydrogen (secondary N) is 2. The third-order valence-corrected chi connectivity index (χ3v) is 4.87. The van der Waals surface area contributed by atoms with Crippen molar-refractivity contribution in [3.05, 3.63) is 57.4 Å². The minimum atomic E-state index is -0.662. The number of ether oxygens (including phenoxy) is 1. The van der Waals surface area contributed by atoms with Gasteiger partial charge in [-0.15, -0.1) is 0 Å². The Labute approximate surface area is 181 Å².